The molecule has 4 rings (SSSR count). The van der Waals surface area contributed by atoms with Gasteiger partial charge >= 0.3 is 0 Å². The third-order valence-electron chi connectivity index (χ3n) is 4.63. The molecule has 2 aromatic heterocycles. The molecule has 0 aliphatic carbocycles. The highest BCUT2D eigenvalue weighted by molar-refractivity contribution is 5.94. The molecular formula is C19H18FN5O2. The molecule has 0 radical (unpaired) electrons. The van der Waals surface area contributed by atoms with E-state index in [9.17, 15) is 14.0 Å². The highest BCUT2D eigenvalue weighted by Gasteiger charge is 2.19. The van der Waals surface area contributed by atoms with E-state index in [1.165, 1.54) is 12.1 Å². The van der Waals surface area contributed by atoms with E-state index in [0.717, 1.165) is 25.9 Å². The summed E-state index contributed by atoms with van der Waals surface area (Å²) in [6.07, 6.45) is 3.93. The summed E-state index contributed by atoms with van der Waals surface area (Å²) in [4.78, 5) is 28.5. The summed E-state index contributed by atoms with van der Waals surface area (Å²) >= 11 is 0. The number of nitrogens with one attached hydrogen (secondary N) is 2. The highest BCUT2D eigenvalue weighted by atomic mass is 19.1. The molecule has 7 nitrogen and oxygen atoms in total. The van der Waals surface area contributed by atoms with Gasteiger partial charge in [-0.25, -0.2) is 14.5 Å². The molecule has 0 saturated carbocycles. The third kappa shape index (κ3) is 3.56. The summed E-state index contributed by atoms with van der Waals surface area (Å²) in [6.45, 7) is 1.54. The highest BCUT2D eigenvalue weighted by Crippen LogP contribution is 2.17. The maximum Gasteiger partial charge on any atom is 0.273 e. The summed E-state index contributed by atoms with van der Waals surface area (Å²) in [5.74, 6) is -1.04. The summed E-state index contributed by atoms with van der Waals surface area (Å²) in [6, 6.07) is 7.74. The van der Waals surface area contributed by atoms with Crippen LogP contribution in [0.2, 0.25) is 0 Å². The van der Waals surface area contributed by atoms with Crippen LogP contribution in [0.15, 0.2) is 41.3 Å². The fourth-order valence-electron chi connectivity index (χ4n) is 3.26. The second-order valence-electron chi connectivity index (χ2n) is 6.53. The number of carbonyl (C=O) groups is 1. The van der Waals surface area contributed by atoms with E-state index >= 15 is 0 Å². The van der Waals surface area contributed by atoms with E-state index in [-0.39, 0.29) is 11.1 Å². The van der Waals surface area contributed by atoms with E-state index in [1.54, 1.807) is 29.4 Å². The molecule has 1 aliphatic heterocycles. The van der Waals surface area contributed by atoms with E-state index < -0.39 is 11.7 Å². The van der Waals surface area contributed by atoms with Crippen molar-refractivity contribution in [1.29, 1.82) is 0 Å². The van der Waals surface area contributed by atoms with Crippen LogP contribution in [-0.4, -0.2) is 39.2 Å². The molecule has 1 aliphatic rings. The number of aromatic amines is 1. The number of halogens is 1. The Hall–Kier alpha value is -3.13. The number of hydrogen-bond donors (Lipinski definition) is 2. The lowest BCUT2D eigenvalue weighted by Gasteiger charge is -2.16. The first-order valence-corrected chi connectivity index (χ1v) is 8.78. The van der Waals surface area contributed by atoms with E-state index in [2.05, 4.69) is 20.6 Å². The minimum atomic E-state index is -0.576. The molecule has 8 heteroatoms. The second-order valence-corrected chi connectivity index (χ2v) is 6.53. The maximum atomic E-state index is 14.2. The molecule has 27 heavy (non-hydrogen) atoms. The Bertz CT molecular complexity index is 1060. The molecule has 1 aromatic carbocycles. The summed E-state index contributed by atoms with van der Waals surface area (Å²) in [7, 11) is 0. The zero-order valence-corrected chi connectivity index (χ0v) is 14.5. The number of carbonyl (C=O) groups excluding carboxylic acids is 1. The minimum Gasteiger partial charge on any atom is -0.285 e. The molecule has 0 atom stereocenters. The van der Waals surface area contributed by atoms with Gasteiger partial charge in [-0.1, -0.05) is 6.07 Å². The smallest absolute Gasteiger partial charge is 0.273 e. The quantitative estimate of drug-likeness (QED) is 0.734. The monoisotopic (exact) mass is 367 g/mol. The van der Waals surface area contributed by atoms with Gasteiger partial charge in [-0.2, -0.15) is 5.10 Å². The molecule has 3 aromatic rings. The normalized spacial score (nSPS) is 14.6. The zero-order chi connectivity index (χ0) is 18.8. The van der Waals surface area contributed by atoms with Crippen molar-refractivity contribution in [1.82, 2.24) is 25.6 Å². The molecule has 138 valence electrons. The molecule has 2 N–H and O–H groups in total. The number of aromatic nitrogens is 3. The van der Waals surface area contributed by atoms with Crippen LogP contribution < -0.4 is 11.0 Å². The van der Waals surface area contributed by atoms with Gasteiger partial charge in [0.15, 0.2) is 0 Å². The number of benzene rings is 1. The summed E-state index contributed by atoms with van der Waals surface area (Å²) in [5, 5.41) is 8.78. The molecule has 0 unspecified atom stereocenters. The number of pyridine rings is 1. The molecule has 1 saturated heterocycles. The van der Waals surface area contributed by atoms with Gasteiger partial charge < -0.3 is 0 Å². The van der Waals surface area contributed by atoms with Gasteiger partial charge in [-0.15, -0.1) is 0 Å². The van der Waals surface area contributed by atoms with Crippen molar-refractivity contribution >= 4 is 16.8 Å². The van der Waals surface area contributed by atoms with Crippen LogP contribution in [0.4, 0.5) is 4.39 Å². The first kappa shape index (κ1) is 17.3. The number of amides is 1. The lowest BCUT2D eigenvalue weighted by molar-refractivity contribution is 0.0821. The standard InChI is InChI=1S/C19H18FN5O2/c20-15-6-5-12(10-14(15)19(27)24-25-8-1-2-9-25)11-16-17-13(4-3-7-21-17)18(26)23-22-16/h3-7,10H,1-2,8-9,11H2,(H,23,26)(H,24,27). The van der Waals surface area contributed by atoms with E-state index in [1.807, 2.05) is 0 Å². The van der Waals surface area contributed by atoms with Gasteiger partial charge in [0.2, 0.25) is 0 Å². The fraction of sp³-hybridized carbons (Fsp3) is 0.263. The number of hydrazine groups is 1. The van der Waals surface area contributed by atoms with Gasteiger partial charge in [0.05, 0.1) is 22.2 Å². The number of fused-ring (bicyclic) bond motifs is 1. The maximum absolute atomic E-state index is 14.2. The largest absolute Gasteiger partial charge is 0.285 e. The second kappa shape index (κ2) is 7.24. The lowest BCUT2D eigenvalue weighted by Crippen LogP contribution is -2.40. The summed E-state index contributed by atoms with van der Waals surface area (Å²) < 4.78 is 14.2. The fourth-order valence-corrected chi connectivity index (χ4v) is 3.26. The topological polar surface area (TPSA) is 91.0 Å². The number of rotatable bonds is 4. The molecular weight excluding hydrogens is 349 g/mol. The van der Waals surface area contributed by atoms with Crippen LogP contribution in [0.3, 0.4) is 0 Å². The van der Waals surface area contributed by atoms with Crippen molar-refractivity contribution in [3.63, 3.8) is 0 Å². The van der Waals surface area contributed by atoms with Crippen molar-refractivity contribution in [2.75, 3.05) is 13.1 Å². The Balaban J connectivity index is 1.63. The Morgan fingerprint density at radius 1 is 1.26 bits per heavy atom. The van der Waals surface area contributed by atoms with Crippen molar-refractivity contribution in [3.8, 4) is 0 Å². The Kier molecular flexibility index (Phi) is 4.64. The van der Waals surface area contributed by atoms with Crippen LogP contribution in [0, 0.1) is 5.82 Å². The molecule has 0 bridgehead atoms. The SMILES string of the molecule is O=C(NN1CCCC1)c1cc(Cc2n[nH]c(=O)c3cccnc23)ccc1F. The first-order valence-electron chi connectivity index (χ1n) is 8.78. The Morgan fingerprint density at radius 2 is 2.07 bits per heavy atom. The zero-order valence-electron chi connectivity index (χ0n) is 14.5. The summed E-state index contributed by atoms with van der Waals surface area (Å²) in [5.41, 5.74) is 4.17. The minimum absolute atomic E-state index is 0.0129. The van der Waals surface area contributed by atoms with Crippen LogP contribution >= 0.6 is 0 Å². The molecule has 1 amide bonds. The Labute approximate surface area is 154 Å². The molecule has 1 fully saturated rings. The average Bonchev–Trinajstić information content (AvgIpc) is 3.18. The van der Waals surface area contributed by atoms with Crippen molar-refractivity contribution < 1.29 is 9.18 Å². The number of H-pyrrole nitrogens is 1. The first-order chi connectivity index (χ1) is 13.1. The predicted octanol–water partition coefficient (Wildman–Crippen LogP) is 1.79. The van der Waals surface area contributed by atoms with Crippen LogP contribution in [-0.2, 0) is 6.42 Å². The van der Waals surface area contributed by atoms with E-state index in [4.69, 9.17) is 0 Å². The van der Waals surface area contributed by atoms with Gasteiger partial charge in [0.1, 0.15) is 5.82 Å². The van der Waals surface area contributed by atoms with Crippen LogP contribution in [0.1, 0.15) is 34.5 Å². The third-order valence-corrected chi connectivity index (χ3v) is 4.63. The van der Waals surface area contributed by atoms with Crippen molar-refractivity contribution in [2.24, 2.45) is 0 Å². The van der Waals surface area contributed by atoms with Crippen molar-refractivity contribution in [3.05, 3.63) is 69.5 Å². The van der Waals surface area contributed by atoms with E-state index in [0.29, 0.717) is 28.6 Å². The van der Waals surface area contributed by atoms with Crippen LogP contribution in [0.5, 0.6) is 0 Å². The molecule has 3 heterocycles. The van der Waals surface area contributed by atoms with Gasteiger partial charge in [-0.3, -0.25) is 20.0 Å². The predicted molar refractivity (Wildman–Crippen MR) is 97.6 cm³/mol. The van der Waals surface area contributed by atoms with Gasteiger partial charge in [0, 0.05) is 25.7 Å². The molecule has 0 spiro atoms. The Morgan fingerprint density at radius 3 is 2.89 bits per heavy atom. The van der Waals surface area contributed by atoms with Crippen LogP contribution in [0.25, 0.3) is 10.9 Å². The van der Waals surface area contributed by atoms with Crippen molar-refractivity contribution in [2.45, 2.75) is 19.3 Å². The average molecular weight is 367 g/mol. The van der Waals surface area contributed by atoms with Gasteiger partial charge in [0.25, 0.3) is 11.5 Å². The number of hydrogen-bond acceptors (Lipinski definition) is 5. The van der Waals surface area contributed by atoms with Gasteiger partial charge in [-0.05, 0) is 42.7 Å². The lowest BCUT2D eigenvalue weighted by atomic mass is 10.0. The number of nitrogens with zero attached hydrogens (tertiary/aromatic N) is 3.